The molecule has 3 aliphatic heterocycles. The molecule has 2 aromatic carbocycles. The number of ether oxygens (including phenoxy) is 2. The van der Waals surface area contributed by atoms with E-state index in [1.54, 1.807) is 0 Å². The molecule has 4 aliphatic rings. The smallest absolute Gasteiger partial charge is 0.162 e. The molecule has 3 heterocycles. The van der Waals surface area contributed by atoms with Crippen LogP contribution in [0.1, 0.15) is 81.0 Å². The molecule has 0 N–H and O–H groups in total. The number of carbonyl (C=O) groups is 1. The van der Waals surface area contributed by atoms with Crippen LogP contribution in [0.25, 0.3) is 5.70 Å². The van der Waals surface area contributed by atoms with E-state index in [1.165, 1.54) is 33.6 Å². The van der Waals surface area contributed by atoms with Crippen LogP contribution in [-0.2, 0) is 11.2 Å². The first-order valence-corrected chi connectivity index (χ1v) is 13.1. The highest BCUT2D eigenvalue weighted by Crippen LogP contribution is 2.51. The molecule has 1 aliphatic carbocycles. The standard InChI is InChI=1S/C31H35NO3/c1-19(2)20-6-8-21(9-7-20)24-15-25-23-16-29-28(34-12-5-13-35-29)14-22(23)10-11-32(25)26-17-31(3,4)18-27(33)30(24)26/h6-9,14-16,19,24H,5,10-13,17-18H2,1-4H3. The van der Waals surface area contributed by atoms with Crippen molar-refractivity contribution >= 4 is 11.5 Å². The van der Waals surface area contributed by atoms with Crippen LogP contribution in [0.2, 0.25) is 0 Å². The van der Waals surface area contributed by atoms with Gasteiger partial charge in [0.15, 0.2) is 17.3 Å². The average Bonchev–Trinajstić information content (AvgIpc) is 3.06. The van der Waals surface area contributed by atoms with Gasteiger partial charge in [-0.2, -0.15) is 0 Å². The van der Waals surface area contributed by atoms with Crippen molar-refractivity contribution in [3.05, 3.63) is 76.0 Å². The van der Waals surface area contributed by atoms with Gasteiger partial charge in [0.05, 0.1) is 13.2 Å². The number of hydrogen-bond donors (Lipinski definition) is 0. The molecule has 2 aromatic rings. The summed E-state index contributed by atoms with van der Waals surface area (Å²) < 4.78 is 12.0. The lowest BCUT2D eigenvalue weighted by atomic mass is 9.69. The van der Waals surface area contributed by atoms with Crippen LogP contribution in [0.15, 0.2) is 53.7 Å². The van der Waals surface area contributed by atoms with Gasteiger partial charge in [0.25, 0.3) is 0 Å². The maximum atomic E-state index is 13.6. The fourth-order valence-electron chi connectivity index (χ4n) is 6.14. The quantitative estimate of drug-likeness (QED) is 0.496. The number of rotatable bonds is 2. The van der Waals surface area contributed by atoms with E-state index >= 15 is 0 Å². The molecule has 0 amide bonds. The van der Waals surface area contributed by atoms with Crippen LogP contribution >= 0.6 is 0 Å². The first-order chi connectivity index (χ1) is 16.8. The zero-order chi connectivity index (χ0) is 24.3. The van der Waals surface area contributed by atoms with Gasteiger partial charge in [0, 0.05) is 47.8 Å². The second kappa shape index (κ2) is 8.29. The summed E-state index contributed by atoms with van der Waals surface area (Å²) in [6.07, 6.45) is 5.70. The molecule has 0 saturated heterocycles. The van der Waals surface area contributed by atoms with Gasteiger partial charge in [-0.3, -0.25) is 4.79 Å². The Balaban J connectivity index is 1.50. The van der Waals surface area contributed by atoms with Crippen molar-refractivity contribution in [3.63, 3.8) is 0 Å². The lowest BCUT2D eigenvalue weighted by molar-refractivity contribution is -0.118. The van der Waals surface area contributed by atoms with E-state index in [9.17, 15) is 4.79 Å². The summed E-state index contributed by atoms with van der Waals surface area (Å²) >= 11 is 0. The van der Waals surface area contributed by atoms with Crippen molar-refractivity contribution in [3.8, 4) is 11.5 Å². The Morgan fingerprint density at radius 3 is 2.43 bits per heavy atom. The molecule has 0 radical (unpaired) electrons. The third-order valence-corrected chi connectivity index (χ3v) is 7.96. The highest BCUT2D eigenvalue weighted by molar-refractivity contribution is 6.01. The van der Waals surface area contributed by atoms with Gasteiger partial charge >= 0.3 is 0 Å². The second-order valence-corrected chi connectivity index (χ2v) is 11.6. The van der Waals surface area contributed by atoms with E-state index in [-0.39, 0.29) is 11.3 Å². The molecule has 6 rings (SSSR count). The molecule has 0 bridgehead atoms. The Morgan fingerprint density at radius 2 is 1.71 bits per heavy atom. The zero-order valence-corrected chi connectivity index (χ0v) is 21.3. The predicted molar refractivity (Wildman–Crippen MR) is 139 cm³/mol. The fraction of sp³-hybridized carbons (Fsp3) is 0.452. The Kier molecular flexibility index (Phi) is 5.32. The number of nitrogens with zero attached hydrogens (tertiary/aromatic N) is 1. The second-order valence-electron chi connectivity index (χ2n) is 11.6. The minimum Gasteiger partial charge on any atom is -0.490 e. The van der Waals surface area contributed by atoms with Crippen LogP contribution in [0.3, 0.4) is 0 Å². The summed E-state index contributed by atoms with van der Waals surface area (Å²) in [6.45, 7) is 11.1. The van der Waals surface area contributed by atoms with E-state index in [4.69, 9.17) is 9.47 Å². The monoisotopic (exact) mass is 469 g/mol. The van der Waals surface area contributed by atoms with Crippen molar-refractivity contribution in [2.75, 3.05) is 19.8 Å². The fourth-order valence-corrected chi connectivity index (χ4v) is 6.14. The van der Waals surface area contributed by atoms with Gasteiger partial charge in [0.1, 0.15) is 0 Å². The summed E-state index contributed by atoms with van der Waals surface area (Å²) in [5, 5.41) is 0. The van der Waals surface area contributed by atoms with Crippen molar-refractivity contribution in [1.29, 1.82) is 0 Å². The number of carbonyl (C=O) groups excluding carboxylic acids is 1. The molecular formula is C31H35NO3. The van der Waals surface area contributed by atoms with Crippen LogP contribution in [0.5, 0.6) is 11.5 Å². The lowest BCUT2D eigenvalue weighted by Gasteiger charge is -2.46. The van der Waals surface area contributed by atoms with Gasteiger partial charge in [-0.15, -0.1) is 0 Å². The minimum absolute atomic E-state index is 0.0250. The normalized spacial score (nSPS) is 22.8. The molecule has 35 heavy (non-hydrogen) atoms. The topological polar surface area (TPSA) is 38.8 Å². The number of Topliss-reactive ketones (excluding diaryl/α,β-unsaturated/α-hetero) is 1. The molecule has 1 unspecified atom stereocenters. The summed E-state index contributed by atoms with van der Waals surface area (Å²) in [5.74, 6) is 2.46. The molecule has 0 fully saturated rings. The predicted octanol–water partition coefficient (Wildman–Crippen LogP) is 6.61. The van der Waals surface area contributed by atoms with E-state index in [0.29, 0.717) is 31.3 Å². The zero-order valence-electron chi connectivity index (χ0n) is 21.3. The van der Waals surface area contributed by atoms with Crippen molar-refractivity contribution in [2.24, 2.45) is 5.41 Å². The lowest BCUT2D eigenvalue weighted by Crippen LogP contribution is -2.40. The van der Waals surface area contributed by atoms with E-state index < -0.39 is 0 Å². The van der Waals surface area contributed by atoms with Gasteiger partial charge in [0.2, 0.25) is 0 Å². The van der Waals surface area contributed by atoms with Crippen molar-refractivity contribution in [2.45, 2.75) is 65.2 Å². The number of benzene rings is 2. The van der Waals surface area contributed by atoms with Crippen LogP contribution in [0, 0.1) is 5.41 Å². The molecule has 4 heteroatoms. The van der Waals surface area contributed by atoms with E-state index in [2.05, 4.69) is 75.1 Å². The number of hydrogen-bond acceptors (Lipinski definition) is 4. The Hall–Kier alpha value is -3.01. The molecule has 182 valence electrons. The van der Waals surface area contributed by atoms with Crippen LogP contribution in [0.4, 0.5) is 0 Å². The molecule has 0 saturated carbocycles. The number of allylic oxidation sites excluding steroid dienone is 3. The summed E-state index contributed by atoms with van der Waals surface area (Å²) in [6, 6.07) is 13.3. The Bertz CT molecular complexity index is 1250. The largest absolute Gasteiger partial charge is 0.490 e. The maximum absolute atomic E-state index is 13.6. The van der Waals surface area contributed by atoms with Gasteiger partial charge < -0.3 is 14.4 Å². The molecule has 4 nitrogen and oxygen atoms in total. The van der Waals surface area contributed by atoms with E-state index in [1.807, 2.05) is 0 Å². The summed E-state index contributed by atoms with van der Waals surface area (Å²) in [7, 11) is 0. The van der Waals surface area contributed by atoms with Crippen LogP contribution < -0.4 is 9.47 Å². The molecule has 0 spiro atoms. The van der Waals surface area contributed by atoms with Crippen molar-refractivity contribution < 1.29 is 14.3 Å². The molecule has 1 atom stereocenters. The first kappa shape index (κ1) is 22.5. The van der Waals surface area contributed by atoms with Gasteiger partial charge in [-0.25, -0.2) is 0 Å². The SMILES string of the molecule is CC(C)c1ccc(C2C=C3c4cc5c(cc4CCN3C3=C2C(=O)CC(C)(C)C3)OCCCO5)cc1. The Labute approximate surface area is 208 Å². The minimum atomic E-state index is -0.0323. The number of ketones is 1. The van der Waals surface area contributed by atoms with Crippen LogP contribution in [-0.4, -0.2) is 30.4 Å². The molecule has 0 aromatic heterocycles. The molecular weight excluding hydrogens is 434 g/mol. The summed E-state index contributed by atoms with van der Waals surface area (Å²) in [5.41, 5.74) is 8.44. The van der Waals surface area contributed by atoms with Crippen molar-refractivity contribution in [1.82, 2.24) is 4.90 Å². The van der Waals surface area contributed by atoms with Gasteiger partial charge in [-0.1, -0.05) is 52.0 Å². The van der Waals surface area contributed by atoms with Gasteiger partial charge in [-0.05, 0) is 59.1 Å². The average molecular weight is 470 g/mol. The third-order valence-electron chi connectivity index (χ3n) is 7.96. The Morgan fingerprint density at radius 1 is 1.00 bits per heavy atom. The first-order valence-electron chi connectivity index (χ1n) is 13.1. The highest BCUT2D eigenvalue weighted by atomic mass is 16.5. The van der Waals surface area contributed by atoms with E-state index in [0.717, 1.165) is 42.9 Å². The highest BCUT2D eigenvalue weighted by Gasteiger charge is 2.42. The third kappa shape index (κ3) is 3.87. The maximum Gasteiger partial charge on any atom is 0.162 e. The number of fused-ring (bicyclic) bond motifs is 5. The summed E-state index contributed by atoms with van der Waals surface area (Å²) in [4.78, 5) is 16.0.